The molecule has 0 spiro atoms. The maximum Gasteiger partial charge on any atom is 0.0529 e. The zero-order chi connectivity index (χ0) is 13.6. The molecule has 0 aromatic rings. The van der Waals surface area contributed by atoms with E-state index >= 15 is 0 Å². The van der Waals surface area contributed by atoms with Gasteiger partial charge < -0.3 is 15.0 Å². The minimum atomic E-state index is 0.228. The molecule has 1 fully saturated rings. The van der Waals surface area contributed by atoms with Gasteiger partial charge in [0, 0.05) is 30.7 Å². The average molecular weight is 256 g/mol. The molecule has 18 heavy (non-hydrogen) atoms. The summed E-state index contributed by atoms with van der Waals surface area (Å²) in [4.78, 5) is 2.47. The van der Waals surface area contributed by atoms with Gasteiger partial charge in [-0.05, 0) is 32.9 Å². The number of ether oxygens (including phenoxy) is 1. The first-order valence-electron chi connectivity index (χ1n) is 7.42. The van der Waals surface area contributed by atoms with Gasteiger partial charge in [0.1, 0.15) is 0 Å². The molecule has 1 N–H and O–H groups in total. The Labute approximate surface area is 113 Å². The highest BCUT2D eigenvalue weighted by Crippen LogP contribution is 2.19. The normalized spacial score (nSPS) is 22.0. The molecule has 1 saturated heterocycles. The van der Waals surface area contributed by atoms with Gasteiger partial charge in [0.05, 0.1) is 6.61 Å². The summed E-state index contributed by atoms with van der Waals surface area (Å²) < 4.78 is 5.87. The predicted molar refractivity (Wildman–Crippen MR) is 78.0 cm³/mol. The van der Waals surface area contributed by atoms with Gasteiger partial charge in [-0.15, -0.1) is 0 Å². The Morgan fingerprint density at radius 1 is 1.39 bits per heavy atom. The molecule has 108 valence electrons. The first-order chi connectivity index (χ1) is 8.41. The van der Waals surface area contributed by atoms with Crippen LogP contribution in [0.15, 0.2) is 0 Å². The molecule has 1 unspecified atom stereocenters. The van der Waals surface area contributed by atoms with E-state index in [1.54, 1.807) is 0 Å². The van der Waals surface area contributed by atoms with Crippen LogP contribution < -0.4 is 5.32 Å². The highest BCUT2D eigenvalue weighted by molar-refractivity contribution is 4.76. The van der Waals surface area contributed by atoms with E-state index in [2.05, 4.69) is 45.0 Å². The van der Waals surface area contributed by atoms with Crippen LogP contribution in [-0.4, -0.2) is 50.3 Å². The molecule has 1 rings (SSSR count). The van der Waals surface area contributed by atoms with Gasteiger partial charge in [-0.25, -0.2) is 0 Å². The van der Waals surface area contributed by atoms with Crippen molar-refractivity contribution in [3.63, 3.8) is 0 Å². The molecule has 1 atom stereocenters. The van der Waals surface area contributed by atoms with Gasteiger partial charge in [-0.3, -0.25) is 0 Å². The third kappa shape index (κ3) is 6.17. The quantitative estimate of drug-likeness (QED) is 0.675. The van der Waals surface area contributed by atoms with Gasteiger partial charge in [-0.1, -0.05) is 27.7 Å². The zero-order valence-electron chi connectivity index (χ0n) is 13.0. The van der Waals surface area contributed by atoms with E-state index < -0.39 is 0 Å². The number of nitrogens with one attached hydrogen (secondary N) is 1. The molecule has 0 saturated carbocycles. The number of nitrogens with zero attached hydrogens (tertiary/aromatic N) is 1. The van der Waals surface area contributed by atoms with Crippen LogP contribution >= 0.6 is 0 Å². The van der Waals surface area contributed by atoms with Crippen molar-refractivity contribution in [1.82, 2.24) is 10.2 Å². The van der Waals surface area contributed by atoms with Crippen molar-refractivity contribution in [2.24, 2.45) is 5.41 Å². The van der Waals surface area contributed by atoms with Gasteiger partial charge >= 0.3 is 0 Å². The minimum absolute atomic E-state index is 0.228. The second kappa shape index (κ2) is 7.46. The molecule has 0 bridgehead atoms. The minimum Gasteiger partial charge on any atom is -0.381 e. The lowest BCUT2D eigenvalue weighted by Crippen LogP contribution is -2.37. The van der Waals surface area contributed by atoms with Crippen LogP contribution in [0.25, 0.3) is 0 Å². The Bertz CT molecular complexity index is 229. The van der Waals surface area contributed by atoms with Crippen LogP contribution in [0.3, 0.4) is 0 Å². The molecule has 1 aliphatic rings. The lowest BCUT2D eigenvalue weighted by molar-refractivity contribution is 0.0510. The third-order valence-corrected chi connectivity index (χ3v) is 3.75. The Morgan fingerprint density at radius 3 is 2.67 bits per heavy atom. The molecule has 0 amide bonds. The topological polar surface area (TPSA) is 24.5 Å². The predicted octanol–water partition coefficient (Wildman–Crippen LogP) is 2.51. The molecule has 0 radical (unpaired) electrons. The SMILES string of the molecule is CC(C)NCC(C)(C)COCCC1CCCN1C. The summed E-state index contributed by atoms with van der Waals surface area (Å²) >= 11 is 0. The van der Waals surface area contributed by atoms with E-state index in [0.717, 1.165) is 25.8 Å². The van der Waals surface area contributed by atoms with Gasteiger partial charge in [0.2, 0.25) is 0 Å². The number of likely N-dealkylation sites (tertiary alicyclic amines) is 1. The number of hydrogen-bond acceptors (Lipinski definition) is 3. The number of hydrogen-bond donors (Lipinski definition) is 1. The summed E-state index contributed by atoms with van der Waals surface area (Å²) in [5, 5.41) is 3.49. The monoisotopic (exact) mass is 256 g/mol. The highest BCUT2D eigenvalue weighted by Gasteiger charge is 2.21. The highest BCUT2D eigenvalue weighted by atomic mass is 16.5. The molecule has 1 heterocycles. The Morgan fingerprint density at radius 2 is 2.11 bits per heavy atom. The lowest BCUT2D eigenvalue weighted by atomic mass is 9.94. The van der Waals surface area contributed by atoms with E-state index in [4.69, 9.17) is 4.74 Å². The summed E-state index contributed by atoms with van der Waals surface area (Å²) in [6.45, 7) is 12.9. The molecule has 0 aromatic carbocycles. The fraction of sp³-hybridized carbons (Fsp3) is 1.00. The van der Waals surface area contributed by atoms with Gasteiger partial charge in [0.15, 0.2) is 0 Å². The van der Waals surface area contributed by atoms with Crippen molar-refractivity contribution in [2.75, 3.05) is 33.4 Å². The fourth-order valence-electron chi connectivity index (χ4n) is 2.44. The van der Waals surface area contributed by atoms with E-state index in [-0.39, 0.29) is 5.41 Å². The van der Waals surface area contributed by atoms with Crippen LogP contribution in [0.1, 0.15) is 47.0 Å². The summed E-state index contributed by atoms with van der Waals surface area (Å²) in [7, 11) is 2.23. The van der Waals surface area contributed by atoms with Crippen molar-refractivity contribution in [2.45, 2.75) is 59.0 Å². The summed E-state index contributed by atoms with van der Waals surface area (Å²) in [5.74, 6) is 0. The largest absolute Gasteiger partial charge is 0.381 e. The van der Waals surface area contributed by atoms with Crippen LogP contribution in [-0.2, 0) is 4.74 Å². The van der Waals surface area contributed by atoms with Gasteiger partial charge in [-0.2, -0.15) is 0 Å². The van der Waals surface area contributed by atoms with Crippen LogP contribution in [0, 0.1) is 5.41 Å². The summed E-state index contributed by atoms with van der Waals surface area (Å²) in [5.41, 5.74) is 0.228. The first-order valence-corrected chi connectivity index (χ1v) is 7.42. The van der Waals surface area contributed by atoms with Crippen molar-refractivity contribution < 1.29 is 4.74 Å². The van der Waals surface area contributed by atoms with Crippen molar-refractivity contribution in [3.8, 4) is 0 Å². The summed E-state index contributed by atoms with van der Waals surface area (Å²) in [6, 6.07) is 1.30. The lowest BCUT2D eigenvalue weighted by Gasteiger charge is -2.27. The van der Waals surface area contributed by atoms with Gasteiger partial charge in [0.25, 0.3) is 0 Å². The molecule has 3 heteroatoms. The first kappa shape index (κ1) is 15.9. The Balaban J connectivity index is 2.08. The second-order valence-corrected chi connectivity index (χ2v) is 6.82. The Kier molecular flexibility index (Phi) is 6.61. The van der Waals surface area contributed by atoms with Crippen molar-refractivity contribution in [3.05, 3.63) is 0 Å². The van der Waals surface area contributed by atoms with Crippen LogP contribution in [0.2, 0.25) is 0 Å². The second-order valence-electron chi connectivity index (χ2n) is 6.82. The maximum absolute atomic E-state index is 5.87. The fourth-order valence-corrected chi connectivity index (χ4v) is 2.44. The van der Waals surface area contributed by atoms with E-state index in [9.17, 15) is 0 Å². The molecule has 0 aromatic heterocycles. The molecule has 1 aliphatic heterocycles. The smallest absolute Gasteiger partial charge is 0.0529 e. The zero-order valence-corrected chi connectivity index (χ0v) is 13.0. The number of rotatable bonds is 8. The average Bonchev–Trinajstić information content (AvgIpc) is 2.68. The molecular weight excluding hydrogens is 224 g/mol. The Hall–Kier alpha value is -0.120. The van der Waals surface area contributed by atoms with E-state index in [1.165, 1.54) is 25.8 Å². The van der Waals surface area contributed by atoms with Crippen LogP contribution in [0.4, 0.5) is 0 Å². The molecule has 0 aliphatic carbocycles. The van der Waals surface area contributed by atoms with Crippen molar-refractivity contribution in [1.29, 1.82) is 0 Å². The third-order valence-electron chi connectivity index (χ3n) is 3.75. The van der Waals surface area contributed by atoms with Crippen LogP contribution in [0.5, 0.6) is 0 Å². The summed E-state index contributed by atoms with van der Waals surface area (Å²) in [6.07, 6.45) is 3.88. The standard InChI is InChI=1S/C15H32N2O/c1-13(2)16-11-15(3,4)12-18-10-8-14-7-6-9-17(14)5/h13-14,16H,6-12H2,1-5H3. The molecular formula is C15H32N2O. The molecule has 3 nitrogen and oxygen atoms in total. The maximum atomic E-state index is 5.87. The van der Waals surface area contributed by atoms with E-state index in [0.29, 0.717) is 6.04 Å². The van der Waals surface area contributed by atoms with E-state index in [1.807, 2.05) is 0 Å². The van der Waals surface area contributed by atoms with Crippen molar-refractivity contribution >= 4 is 0 Å².